The van der Waals surface area contributed by atoms with E-state index in [4.69, 9.17) is 4.74 Å². The molecule has 1 aromatic carbocycles. The molecule has 6 nitrogen and oxygen atoms in total. The Morgan fingerprint density at radius 3 is 2.84 bits per heavy atom. The van der Waals surface area contributed by atoms with Gasteiger partial charge < -0.3 is 20.7 Å². The summed E-state index contributed by atoms with van der Waals surface area (Å²) in [5.41, 5.74) is 0.794. The Kier molecular flexibility index (Phi) is 6.07. The highest BCUT2D eigenvalue weighted by Gasteiger charge is 2.42. The van der Waals surface area contributed by atoms with Gasteiger partial charge in [-0.15, -0.1) is 0 Å². The van der Waals surface area contributed by atoms with E-state index in [2.05, 4.69) is 16.0 Å². The van der Waals surface area contributed by atoms with Gasteiger partial charge in [0.25, 0.3) is 0 Å². The van der Waals surface area contributed by atoms with Gasteiger partial charge in [-0.05, 0) is 44.0 Å². The molecule has 7 heteroatoms. The van der Waals surface area contributed by atoms with Gasteiger partial charge in [-0.25, -0.2) is 4.79 Å². The zero-order valence-electron chi connectivity index (χ0n) is 14.4. The van der Waals surface area contributed by atoms with Crippen molar-refractivity contribution in [2.24, 2.45) is 0 Å². The van der Waals surface area contributed by atoms with Crippen LogP contribution < -0.4 is 20.7 Å². The van der Waals surface area contributed by atoms with Crippen LogP contribution in [0.5, 0.6) is 5.75 Å². The molecule has 3 atom stereocenters. The first-order valence-electron chi connectivity index (χ1n) is 8.87. The van der Waals surface area contributed by atoms with Crippen LogP contribution in [0.4, 0.5) is 10.5 Å². The van der Waals surface area contributed by atoms with E-state index in [1.165, 1.54) is 0 Å². The largest absolute Gasteiger partial charge is 0.494 e. The second-order valence-electron chi connectivity index (χ2n) is 6.37. The fourth-order valence-corrected chi connectivity index (χ4v) is 4.84. The zero-order chi connectivity index (χ0) is 17.6. The number of rotatable bonds is 8. The summed E-state index contributed by atoms with van der Waals surface area (Å²) in [5.74, 6) is 1.82. The monoisotopic (exact) mass is 363 g/mol. The summed E-state index contributed by atoms with van der Waals surface area (Å²) < 4.78 is 5.39. The molecule has 0 saturated carbocycles. The number of carbonyl (C=O) groups is 2. The third kappa shape index (κ3) is 4.81. The molecule has 0 radical (unpaired) electrons. The Balaban J connectivity index is 1.33. The van der Waals surface area contributed by atoms with Crippen molar-refractivity contribution in [1.29, 1.82) is 0 Å². The van der Waals surface area contributed by atoms with Crippen molar-refractivity contribution < 1.29 is 14.3 Å². The van der Waals surface area contributed by atoms with Gasteiger partial charge in [0.1, 0.15) is 5.75 Å². The molecular weight excluding hydrogens is 338 g/mol. The molecule has 2 aliphatic rings. The molecule has 3 N–H and O–H groups in total. The maximum atomic E-state index is 12.0. The summed E-state index contributed by atoms with van der Waals surface area (Å²) in [5, 5.41) is 9.32. The minimum absolute atomic E-state index is 0.0388. The van der Waals surface area contributed by atoms with Gasteiger partial charge in [0, 0.05) is 23.1 Å². The number of nitrogens with one attached hydrogen (secondary N) is 3. The number of urea groups is 1. The lowest BCUT2D eigenvalue weighted by molar-refractivity contribution is -0.116. The molecule has 2 saturated heterocycles. The van der Waals surface area contributed by atoms with E-state index >= 15 is 0 Å². The average molecular weight is 363 g/mol. The number of unbranched alkanes of at least 4 members (excludes halogenated alkanes) is 1. The molecule has 3 amide bonds. The number of hydrogen-bond donors (Lipinski definition) is 3. The van der Waals surface area contributed by atoms with Gasteiger partial charge in [0.15, 0.2) is 0 Å². The zero-order valence-corrected chi connectivity index (χ0v) is 15.2. The van der Waals surface area contributed by atoms with Crippen molar-refractivity contribution in [2.45, 2.75) is 49.9 Å². The lowest BCUT2D eigenvalue weighted by Gasteiger charge is -2.16. The highest BCUT2D eigenvalue weighted by molar-refractivity contribution is 8.00. The van der Waals surface area contributed by atoms with Crippen molar-refractivity contribution in [3.63, 3.8) is 0 Å². The van der Waals surface area contributed by atoms with E-state index in [-0.39, 0.29) is 24.0 Å². The minimum atomic E-state index is -0.0463. The van der Waals surface area contributed by atoms with Crippen LogP contribution in [0.15, 0.2) is 24.3 Å². The van der Waals surface area contributed by atoms with Crippen molar-refractivity contribution in [1.82, 2.24) is 10.6 Å². The van der Waals surface area contributed by atoms with Crippen LogP contribution in [0.1, 0.15) is 32.6 Å². The number of amides is 3. The third-order valence-corrected chi connectivity index (χ3v) is 6.04. The van der Waals surface area contributed by atoms with E-state index in [1.807, 2.05) is 43.0 Å². The second-order valence-corrected chi connectivity index (χ2v) is 7.65. The lowest BCUT2D eigenvalue weighted by Crippen LogP contribution is -2.36. The molecule has 25 heavy (non-hydrogen) atoms. The fraction of sp³-hybridized carbons (Fsp3) is 0.556. The van der Waals surface area contributed by atoms with Gasteiger partial charge in [-0.1, -0.05) is 6.42 Å². The van der Waals surface area contributed by atoms with Crippen LogP contribution in [0.2, 0.25) is 0 Å². The normalized spacial score (nSPS) is 24.4. The number of hydrogen-bond acceptors (Lipinski definition) is 4. The van der Waals surface area contributed by atoms with Crippen LogP contribution in [-0.2, 0) is 4.79 Å². The van der Waals surface area contributed by atoms with Crippen LogP contribution in [0.3, 0.4) is 0 Å². The smallest absolute Gasteiger partial charge is 0.315 e. The van der Waals surface area contributed by atoms with Gasteiger partial charge in [0.05, 0.1) is 18.7 Å². The molecule has 0 bridgehead atoms. The number of thioether (sulfide) groups is 1. The fourth-order valence-electron chi connectivity index (χ4n) is 3.30. The first-order chi connectivity index (χ1) is 12.2. The summed E-state index contributed by atoms with van der Waals surface area (Å²) in [6, 6.07) is 7.89. The first-order valence-corrected chi connectivity index (χ1v) is 9.92. The molecule has 0 unspecified atom stereocenters. The Hall–Kier alpha value is -1.89. The van der Waals surface area contributed by atoms with E-state index < -0.39 is 0 Å². The lowest BCUT2D eigenvalue weighted by atomic mass is 10.0. The first kappa shape index (κ1) is 17.9. The average Bonchev–Trinajstić information content (AvgIpc) is 3.13. The van der Waals surface area contributed by atoms with Crippen molar-refractivity contribution in [3.05, 3.63) is 24.3 Å². The predicted molar refractivity (Wildman–Crippen MR) is 100 cm³/mol. The highest BCUT2D eigenvalue weighted by Crippen LogP contribution is 2.33. The summed E-state index contributed by atoms with van der Waals surface area (Å²) in [7, 11) is 0. The van der Waals surface area contributed by atoms with Gasteiger partial charge >= 0.3 is 6.03 Å². The Labute approximate surface area is 152 Å². The topological polar surface area (TPSA) is 79.5 Å². The maximum absolute atomic E-state index is 12.0. The molecule has 2 fully saturated rings. The van der Waals surface area contributed by atoms with Crippen molar-refractivity contribution in [2.75, 3.05) is 17.7 Å². The minimum Gasteiger partial charge on any atom is -0.494 e. The second kappa shape index (κ2) is 8.47. The van der Waals surface area contributed by atoms with E-state index in [9.17, 15) is 9.59 Å². The van der Waals surface area contributed by atoms with Gasteiger partial charge in [0.2, 0.25) is 5.91 Å². The summed E-state index contributed by atoms with van der Waals surface area (Å²) in [4.78, 5) is 23.4. The predicted octanol–water partition coefficient (Wildman–Crippen LogP) is 2.75. The van der Waals surface area contributed by atoms with Crippen LogP contribution in [0.25, 0.3) is 0 Å². The molecule has 2 heterocycles. The van der Waals surface area contributed by atoms with E-state index in [0.29, 0.717) is 18.3 Å². The van der Waals surface area contributed by atoms with Crippen LogP contribution in [0, 0.1) is 0 Å². The molecule has 0 spiro atoms. The number of carbonyl (C=O) groups excluding carboxylic acids is 2. The van der Waals surface area contributed by atoms with Crippen LogP contribution >= 0.6 is 11.8 Å². The Bertz CT molecular complexity index is 608. The molecule has 0 aliphatic carbocycles. The van der Waals surface area contributed by atoms with Gasteiger partial charge in [-0.3, -0.25) is 4.79 Å². The number of benzene rings is 1. The highest BCUT2D eigenvalue weighted by atomic mass is 32.2. The SMILES string of the molecule is CCOc1ccc(NC(=O)CCCC[C@@H]2SC[C@@H]3NC(=O)N[C@@H]32)cc1. The third-order valence-electron chi connectivity index (χ3n) is 4.53. The summed E-state index contributed by atoms with van der Waals surface area (Å²) in [6.07, 6.45) is 3.40. The molecule has 3 rings (SSSR count). The van der Waals surface area contributed by atoms with E-state index in [0.717, 1.165) is 36.5 Å². The Morgan fingerprint density at radius 2 is 2.08 bits per heavy atom. The Morgan fingerprint density at radius 1 is 1.28 bits per heavy atom. The van der Waals surface area contributed by atoms with Crippen molar-refractivity contribution >= 4 is 29.4 Å². The quantitative estimate of drug-likeness (QED) is 0.490. The number of fused-ring (bicyclic) bond motifs is 1. The van der Waals surface area contributed by atoms with Gasteiger partial charge in [-0.2, -0.15) is 11.8 Å². The molecule has 2 aliphatic heterocycles. The summed E-state index contributed by atoms with van der Waals surface area (Å²) >= 11 is 1.91. The molecule has 136 valence electrons. The molecule has 0 aromatic heterocycles. The number of anilines is 1. The summed E-state index contributed by atoms with van der Waals surface area (Å²) in [6.45, 7) is 2.57. The standard InChI is InChI=1S/C18H25N3O3S/c1-2-24-13-9-7-12(8-10-13)19-16(22)6-4-3-5-15-17-14(11-25-15)20-18(23)21-17/h7-10,14-15,17H,2-6,11H2,1H3,(H,19,22)(H2,20,21,23)/t14-,15-,17-/m0/s1. The maximum Gasteiger partial charge on any atom is 0.315 e. The molecule has 1 aromatic rings. The van der Waals surface area contributed by atoms with E-state index in [1.54, 1.807) is 0 Å². The number of ether oxygens (including phenoxy) is 1. The molecular formula is C18H25N3O3S. The van der Waals surface area contributed by atoms with Crippen LogP contribution in [-0.4, -0.2) is 41.6 Å². The van der Waals surface area contributed by atoms with Crippen molar-refractivity contribution in [3.8, 4) is 5.75 Å².